The number of hydrogen-bond acceptors (Lipinski definition) is 5. The van der Waals surface area contributed by atoms with Gasteiger partial charge >= 0.3 is 0 Å². The predicted molar refractivity (Wildman–Crippen MR) is 47.0 cm³/mol. The SMILES string of the molecule is CO/N=C(/C=O)C1=CSCCO1. The predicted octanol–water partition coefficient (Wildman–Crippen LogP) is 0.793. The van der Waals surface area contributed by atoms with Crippen LogP contribution < -0.4 is 0 Å². The van der Waals surface area contributed by atoms with Crippen molar-refractivity contribution in [3.05, 3.63) is 11.2 Å². The summed E-state index contributed by atoms with van der Waals surface area (Å²) >= 11 is 1.59. The third kappa shape index (κ3) is 2.27. The average Bonchev–Trinajstić information content (AvgIpc) is 2.15. The van der Waals surface area contributed by atoms with Crippen molar-refractivity contribution in [3.63, 3.8) is 0 Å². The lowest BCUT2D eigenvalue weighted by Gasteiger charge is -2.12. The second-order valence-corrected chi connectivity index (χ2v) is 2.96. The second kappa shape index (κ2) is 4.82. The number of allylic oxidation sites excluding steroid dienone is 1. The molecule has 0 aromatic heterocycles. The lowest BCUT2D eigenvalue weighted by Crippen LogP contribution is -2.12. The fourth-order valence-corrected chi connectivity index (χ4v) is 1.36. The van der Waals surface area contributed by atoms with E-state index in [0.717, 1.165) is 5.75 Å². The minimum atomic E-state index is 0.199. The lowest BCUT2D eigenvalue weighted by atomic mass is 10.3. The molecule has 0 aromatic carbocycles. The van der Waals surface area contributed by atoms with Crippen molar-refractivity contribution in [1.82, 2.24) is 0 Å². The Kier molecular flexibility index (Phi) is 3.66. The molecule has 0 atom stereocenters. The van der Waals surface area contributed by atoms with Crippen LogP contribution in [0, 0.1) is 0 Å². The smallest absolute Gasteiger partial charge is 0.184 e. The van der Waals surface area contributed by atoms with Gasteiger partial charge in [-0.1, -0.05) is 5.16 Å². The van der Waals surface area contributed by atoms with E-state index >= 15 is 0 Å². The molecule has 0 radical (unpaired) electrons. The Bertz CT molecular complexity index is 225. The molecule has 0 saturated heterocycles. The van der Waals surface area contributed by atoms with Gasteiger partial charge in [0.25, 0.3) is 0 Å². The van der Waals surface area contributed by atoms with Crippen LogP contribution in [0.3, 0.4) is 0 Å². The Morgan fingerprint density at radius 3 is 3.25 bits per heavy atom. The summed E-state index contributed by atoms with van der Waals surface area (Å²) in [5, 5.41) is 5.27. The van der Waals surface area contributed by atoms with Crippen LogP contribution >= 0.6 is 11.8 Å². The number of ether oxygens (including phenoxy) is 1. The lowest BCUT2D eigenvalue weighted by molar-refractivity contribution is -0.102. The molecule has 0 amide bonds. The number of thioether (sulfide) groups is 1. The molecule has 12 heavy (non-hydrogen) atoms. The zero-order valence-corrected chi connectivity index (χ0v) is 7.47. The van der Waals surface area contributed by atoms with Crippen molar-refractivity contribution >= 4 is 23.8 Å². The first kappa shape index (κ1) is 9.12. The number of oxime groups is 1. The summed E-state index contributed by atoms with van der Waals surface area (Å²) in [5.41, 5.74) is 0.199. The minimum absolute atomic E-state index is 0.199. The van der Waals surface area contributed by atoms with E-state index in [-0.39, 0.29) is 5.71 Å². The molecule has 1 heterocycles. The third-order valence-electron chi connectivity index (χ3n) is 1.20. The molecule has 1 rings (SSSR count). The Morgan fingerprint density at radius 2 is 2.75 bits per heavy atom. The molecule has 0 unspecified atom stereocenters. The topological polar surface area (TPSA) is 47.9 Å². The van der Waals surface area contributed by atoms with E-state index in [1.54, 1.807) is 17.2 Å². The number of aldehydes is 1. The Morgan fingerprint density at radius 1 is 1.92 bits per heavy atom. The van der Waals surface area contributed by atoms with Crippen molar-refractivity contribution in [2.45, 2.75) is 0 Å². The molecule has 1 aliphatic rings. The molecule has 1 aliphatic heterocycles. The van der Waals surface area contributed by atoms with E-state index in [2.05, 4.69) is 9.99 Å². The van der Waals surface area contributed by atoms with Crippen LogP contribution in [0.4, 0.5) is 0 Å². The fraction of sp³-hybridized carbons (Fsp3) is 0.429. The van der Waals surface area contributed by atoms with Gasteiger partial charge in [0.2, 0.25) is 0 Å². The first-order valence-corrected chi connectivity index (χ1v) is 4.44. The quantitative estimate of drug-likeness (QED) is 0.372. The molecule has 0 fully saturated rings. The van der Waals surface area contributed by atoms with E-state index in [4.69, 9.17) is 4.74 Å². The number of nitrogens with zero attached hydrogens (tertiary/aromatic N) is 1. The summed E-state index contributed by atoms with van der Waals surface area (Å²) in [6, 6.07) is 0. The molecule has 0 bridgehead atoms. The third-order valence-corrected chi connectivity index (χ3v) is 1.99. The van der Waals surface area contributed by atoms with Gasteiger partial charge < -0.3 is 9.57 Å². The largest absolute Gasteiger partial charge is 0.490 e. The number of hydrogen-bond donors (Lipinski definition) is 0. The van der Waals surface area contributed by atoms with Gasteiger partial charge in [-0.05, 0) is 0 Å². The first-order valence-electron chi connectivity index (χ1n) is 3.39. The van der Waals surface area contributed by atoms with Crippen molar-refractivity contribution in [1.29, 1.82) is 0 Å². The van der Waals surface area contributed by atoms with E-state index in [9.17, 15) is 4.79 Å². The van der Waals surface area contributed by atoms with Gasteiger partial charge in [0.1, 0.15) is 7.11 Å². The molecular formula is C7H9NO3S. The summed E-state index contributed by atoms with van der Waals surface area (Å²) < 4.78 is 5.18. The summed E-state index contributed by atoms with van der Waals surface area (Å²) in [5.74, 6) is 1.39. The van der Waals surface area contributed by atoms with Gasteiger partial charge in [-0.25, -0.2) is 0 Å². The zero-order chi connectivity index (χ0) is 8.81. The van der Waals surface area contributed by atoms with Crippen LogP contribution in [0.25, 0.3) is 0 Å². The monoisotopic (exact) mass is 187 g/mol. The van der Waals surface area contributed by atoms with Gasteiger partial charge in [0.15, 0.2) is 17.8 Å². The molecule has 66 valence electrons. The highest BCUT2D eigenvalue weighted by molar-refractivity contribution is 8.02. The number of carbonyl (C=O) groups is 1. The minimum Gasteiger partial charge on any atom is -0.490 e. The standard InChI is InChI=1S/C7H9NO3S/c1-10-8-6(4-9)7-5-12-3-2-11-7/h4-5H,2-3H2,1H3/b8-6-. The van der Waals surface area contributed by atoms with Crippen LogP contribution in [-0.2, 0) is 14.4 Å². The van der Waals surface area contributed by atoms with Crippen molar-refractivity contribution in [2.75, 3.05) is 19.5 Å². The molecule has 0 spiro atoms. The Balaban J connectivity index is 2.70. The average molecular weight is 187 g/mol. The second-order valence-electron chi connectivity index (χ2n) is 1.98. The molecule has 0 aliphatic carbocycles. The van der Waals surface area contributed by atoms with Gasteiger partial charge in [0, 0.05) is 11.2 Å². The molecule has 0 N–H and O–H groups in total. The molecular weight excluding hydrogens is 178 g/mol. The Labute approximate surface area is 74.6 Å². The molecule has 0 saturated carbocycles. The van der Waals surface area contributed by atoms with Gasteiger partial charge in [-0.2, -0.15) is 0 Å². The normalized spacial score (nSPS) is 17.8. The molecule has 5 heteroatoms. The van der Waals surface area contributed by atoms with Gasteiger partial charge in [-0.15, -0.1) is 11.8 Å². The highest BCUT2D eigenvalue weighted by Gasteiger charge is 2.11. The summed E-state index contributed by atoms with van der Waals surface area (Å²) in [6.45, 7) is 0.604. The maximum Gasteiger partial charge on any atom is 0.184 e. The number of rotatable bonds is 3. The van der Waals surface area contributed by atoms with Crippen molar-refractivity contribution in [3.8, 4) is 0 Å². The summed E-state index contributed by atoms with van der Waals surface area (Å²) in [7, 11) is 1.39. The molecule has 0 aromatic rings. The number of carbonyl (C=O) groups excluding carboxylic acids is 1. The molecule has 4 nitrogen and oxygen atoms in total. The van der Waals surface area contributed by atoms with Gasteiger partial charge in [0.05, 0.1) is 6.61 Å². The van der Waals surface area contributed by atoms with E-state index in [1.165, 1.54) is 7.11 Å². The van der Waals surface area contributed by atoms with Gasteiger partial charge in [-0.3, -0.25) is 4.79 Å². The van der Waals surface area contributed by atoms with Crippen LogP contribution in [0.15, 0.2) is 16.3 Å². The van der Waals surface area contributed by atoms with Crippen LogP contribution in [0.1, 0.15) is 0 Å². The Hall–Kier alpha value is -0.970. The summed E-state index contributed by atoms with van der Waals surface area (Å²) in [4.78, 5) is 14.9. The highest BCUT2D eigenvalue weighted by atomic mass is 32.2. The zero-order valence-electron chi connectivity index (χ0n) is 6.65. The fourth-order valence-electron chi connectivity index (χ4n) is 0.726. The van der Waals surface area contributed by atoms with Crippen LogP contribution in [0.2, 0.25) is 0 Å². The van der Waals surface area contributed by atoms with E-state index in [1.807, 2.05) is 0 Å². The van der Waals surface area contributed by atoms with Crippen LogP contribution in [-0.4, -0.2) is 31.5 Å². The highest BCUT2D eigenvalue weighted by Crippen LogP contribution is 2.15. The van der Waals surface area contributed by atoms with Crippen molar-refractivity contribution < 1.29 is 14.4 Å². The maximum absolute atomic E-state index is 10.5. The first-order chi connectivity index (χ1) is 5.88. The maximum atomic E-state index is 10.5. The summed E-state index contributed by atoms with van der Waals surface area (Å²) in [6.07, 6.45) is 0.612. The van der Waals surface area contributed by atoms with Crippen molar-refractivity contribution in [2.24, 2.45) is 5.16 Å². The van der Waals surface area contributed by atoms with E-state index in [0.29, 0.717) is 18.7 Å². The van der Waals surface area contributed by atoms with Crippen LogP contribution in [0.5, 0.6) is 0 Å². The van der Waals surface area contributed by atoms with E-state index < -0.39 is 0 Å².